The van der Waals surface area contributed by atoms with Gasteiger partial charge in [0.05, 0.1) is 17.4 Å². The Morgan fingerprint density at radius 2 is 2.12 bits per heavy atom. The smallest absolute Gasteiger partial charge is 0.0950 e. The van der Waals surface area contributed by atoms with E-state index in [9.17, 15) is 0 Å². The van der Waals surface area contributed by atoms with Crippen molar-refractivity contribution in [1.82, 2.24) is 10.2 Å². The van der Waals surface area contributed by atoms with Crippen LogP contribution in [0, 0.1) is 0 Å². The molecule has 2 N–H and O–H groups in total. The molecule has 1 aromatic heterocycles. The first kappa shape index (κ1) is 10.8. The third kappa shape index (κ3) is 2.12. The van der Waals surface area contributed by atoms with Crippen molar-refractivity contribution in [3.8, 4) is 0 Å². The molecule has 0 aliphatic rings. The Hall–Kier alpha value is -1.68. The normalized spacial score (nSPS) is 10.6. The van der Waals surface area contributed by atoms with Crippen LogP contribution in [-0.2, 0) is 0 Å². The lowest BCUT2D eigenvalue weighted by Gasteiger charge is -2.19. The Bertz CT molecular complexity index is 464. The highest BCUT2D eigenvalue weighted by molar-refractivity contribution is 5.90. The molecule has 0 bridgehead atoms. The lowest BCUT2D eigenvalue weighted by Crippen LogP contribution is -2.21. The van der Waals surface area contributed by atoms with Gasteiger partial charge in [-0.2, -0.15) is 10.2 Å². The maximum absolute atomic E-state index is 5.51. The van der Waals surface area contributed by atoms with Crippen molar-refractivity contribution in [3.63, 3.8) is 0 Å². The predicted molar refractivity (Wildman–Crippen MR) is 66.5 cm³/mol. The summed E-state index contributed by atoms with van der Waals surface area (Å²) in [6.07, 6.45) is 2.78. The number of rotatable bonds is 4. The van der Waals surface area contributed by atoms with Crippen molar-refractivity contribution in [2.45, 2.75) is 6.42 Å². The molecule has 16 heavy (non-hydrogen) atoms. The predicted octanol–water partition coefficient (Wildman–Crippen LogP) is 1.41. The van der Waals surface area contributed by atoms with Gasteiger partial charge in [-0.3, -0.25) is 0 Å². The van der Waals surface area contributed by atoms with Crippen LogP contribution in [0.2, 0.25) is 0 Å². The van der Waals surface area contributed by atoms with E-state index in [4.69, 9.17) is 5.73 Å². The summed E-state index contributed by atoms with van der Waals surface area (Å²) in [5.74, 6) is 0. The number of nitrogens with zero attached hydrogens (tertiary/aromatic N) is 3. The Morgan fingerprint density at radius 3 is 2.94 bits per heavy atom. The summed E-state index contributed by atoms with van der Waals surface area (Å²) in [6.45, 7) is 1.65. The molecule has 0 fully saturated rings. The molecule has 1 heterocycles. The van der Waals surface area contributed by atoms with Crippen LogP contribution in [0.15, 0.2) is 30.5 Å². The van der Waals surface area contributed by atoms with Crippen LogP contribution < -0.4 is 10.6 Å². The summed E-state index contributed by atoms with van der Waals surface area (Å²) in [5.41, 5.74) is 7.55. The van der Waals surface area contributed by atoms with Gasteiger partial charge < -0.3 is 10.6 Å². The molecule has 0 saturated heterocycles. The summed E-state index contributed by atoms with van der Waals surface area (Å²) in [7, 11) is 2.05. The quantitative estimate of drug-likeness (QED) is 0.839. The number of aromatic nitrogens is 2. The highest BCUT2D eigenvalue weighted by Gasteiger charge is 2.06. The average Bonchev–Trinajstić information content (AvgIpc) is 2.35. The molecule has 4 nitrogen and oxygen atoms in total. The Kier molecular flexibility index (Phi) is 3.31. The summed E-state index contributed by atoms with van der Waals surface area (Å²) < 4.78 is 0. The van der Waals surface area contributed by atoms with E-state index in [2.05, 4.69) is 28.2 Å². The second-order valence-electron chi connectivity index (χ2n) is 3.81. The maximum atomic E-state index is 5.51. The lowest BCUT2D eigenvalue weighted by atomic mass is 10.2. The SMILES string of the molecule is CN(CCCN)c1cnnc2ccccc12. The van der Waals surface area contributed by atoms with E-state index >= 15 is 0 Å². The Balaban J connectivity index is 2.36. The van der Waals surface area contributed by atoms with Crippen molar-refractivity contribution in [2.75, 3.05) is 25.0 Å². The van der Waals surface area contributed by atoms with Gasteiger partial charge in [-0.05, 0) is 19.0 Å². The second kappa shape index (κ2) is 4.90. The minimum Gasteiger partial charge on any atom is -0.373 e. The van der Waals surface area contributed by atoms with Gasteiger partial charge in [-0.25, -0.2) is 0 Å². The van der Waals surface area contributed by atoms with Gasteiger partial charge in [0.15, 0.2) is 0 Å². The molecule has 0 spiro atoms. The highest BCUT2D eigenvalue weighted by Crippen LogP contribution is 2.22. The molecule has 0 saturated carbocycles. The molecular formula is C12H16N4. The van der Waals surface area contributed by atoms with Crippen molar-refractivity contribution in [2.24, 2.45) is 5.73 Å². The molecule has 84 valence electrons. The molecule has 0 amide bonds. The van der Waals surface area contributed by atoms with E-state index in [1.165, 1.54) is 0 Å². The summed E-state index contributed by atoms with van der Waals surface area (Å²) in [6, 6.07) is 8.03. The first-order valence-electron chi connectivity index (χ1n) is 5.44. The van der Waals surface area contributed by atoms with Crippen LogP contribution in [-0.4, -0.2) is 30.3 Å². The number of nitrogens with two attached hydrogens (primary N) is 1. The van der Waals surface area contributed by atoms with Crippen LogP contribution in [0.5, 0.6) is 0 Å². The van der Waals surface area contributed by atoms with E-state index in [-0.39, 0.29) is 0 Å². The zero-order chi connectivity index (χ0) is 11.4. The minimum absolute atomic E-state index is 0.709. The number of hydrogen-bond acceptors (Lipinski definition) is 4. The van der Waals surface area contributed by atoms with Crippen LogP contribution >= 0.6 is 0 Å². The van der Waals surface area contributed by atoms with Gasteiger partial charge in [0.25, 0.3) is 0 Å². The third-order valence-corrected chi connectivity index (χ3v) is 2.63. The summed E-state index contributed by atoms with van der Waals surface area (Å²) >= 11 is 0. The van der Waals surface area contributed by atoms with Crippen molar-refractivity contribution >= 4 is 16.6 Å². The molecule has 1 aromatic carbocycles. The fourth-order valence-corrected chi connectivity index (χ4v) is 1.75. The molecule has 2 rings (SSSR count). The minimum atomic E-state index is 0.709. The van der Waals surface area contributed by atoms with Crippen molar-refractivity contribution in [1.29, 1.82) is 0 Å². The lowest BCUT2D eigenvalue weighted by molar-refractivity contribution is 0.795. The summed E-state index contributed by atoms with van der Waals surface area (Å²) in [5, 5.41) is 9.26. The van der Waals surface area contributed by atoms with Crippen molar-refractivity contribution in [3.05, 3.63) is 30.5 Å². The van der Waals surface area contributed by atoms with Gasteiger partial charge in [0.1, 0.15) is 0 Å². The zero-order valence-corrected chi connectivity index (χ0v) is 9.43. The summed E-state index contributed by atoms with van der Waals surface area (Å²) in [4.78, 5) is 2.17. The van der Waals surface area contributed by atoms with E-state index in [0.717, 1.165) is 29.6 Å². The molecular weight excluding hydrogens is 200 g/mol. The highest BCUT2D eigenvalue weighted by atomic mass is 15.1. The fraction of sp³-hybridized carbons (Fsp3) is 0.333. The Morgan fingerprint density at radius 1 is 1.31 bits per heavy atom. The van der Waals surface area contributed by atoms with Crippen LogP contribution in [0.4, 0.5) is 5.69 Å². The van der Waals surface area contributed by atoms with Crippen LogP contribution in [0.1, 0.15) is 6.42 Å². The molecule has 0 unspecified atom stereocenters. The van der Waals surface area contributed by atoms with Gasteiger partial charge in [0.2, 0.25) is 0 Å². The van der Waals surface area contributed by atoms with E-state index in [0.29, 0.717) is 6.54 Å². The molecule has 0 aliphatic carbocycles. The molecule has 4 heteroatoms. The third-order valence-electron chi connectivity index (χ3n) is 2.63. The van der Waals surface area contributed by atoms with E-state index < -0.39 is 0 Å². The maximum Gasteiger partial charge on any atom is 0.0950 e. The molecule has 0 aliphatic heterocycles. The van der Waals surface area contributed by atoms with E-state index in [1.807, 2.05) is 18.2 Å². The Labute approximate surface area is 95.1 Å². The van der Waals surface area contributed by atoms with Gasteiger partial charge in [-0.1, -0.05) is 18.2 Å². The molecule has 0 radical (unpaired) electrons. The number of hydrogen-bond donors (Lipinski definition) is 1. The molecule has 0 atom stereocenters. The number of anilines is 1. The molecule has 2 aromatic rings. The van der Waals surface area contributed by atoms with Gasteiger partial charge in [0, 0.05) is 19.0 Å². The van der Waals surface area contributed by atoms with E-state index in [1.54, 1.807) is 6.20 Å². The van der Waals surface area contributed by atoms with Crippen LogP contribution in [0.25, 0.3) is 10.9 Å². The first-order chi connectivity index (χ1) is 7.83. The first-order valence-corrected chi connectivity index (χ1v) is 5.44. The van der Waals surface area contributed by atoms with Gasteiger partial charge >= 0.3 is 0 Å². The number of fused-ring (bicyclic) bond motifs is 1. The zero-order valence-electron chi connectivity index (χ0n) is 9.43. The van der Waals surface area contributed by atoms with Crippen LogP contribution in [0.3, 0.4) is 0 Å². The fourth-order valence-electron chi connectivity index (χ4n) is 1.75. The monoisotopic (exact) mass is 216 g/mol. The number of benzene rings is 1. The largest absolute Gasteiger partial charge is 0.373 e. The van der Waals surface area contributed by atoms with Crippen molar-refractivity contribution < 1.29 is 0 Å². The standard InChI is InChI=1S/C12H16N4/c1-16(8-4-7-13)12-9-14-15-11-6-3-2-5-10(11)12/h2-3,5-6,9H,4,7-8,13H2,1H3. The average molecular weight is 216 g/mol. The second-order valence-corrected chi connectivity index (χ2v) is 3.81. The topological polar surface area (TPSA) is 55.0 Å². The van der Waals surface area contributed by atoms with Gasteiger partial charge in [-0.15, -0.1) is 0 Å².